The molecule has 0 saturated carbocycles. The fourth-order valence-corrected chi connectivity index (χ4v) is 10.6. The molecule has 1 atom stereocenters. The van der Waals surface area contributed by atoms with Crippen LogP contribution in [0.1, 0.15) is 74.8 Å². The van der Waals surface area contributed by atoms with Gasteiger partial charge in [-0.3, -0.25) is 19.6 Å². The molecule has 0 bridgehead atoms. The summed E-state index contributed by atoms with van der Waals surface area (Å²) in [7, 11) is -3.72. The van der Waals surface area contributed by atoms with Gasteiger partial charge in [0, 0.05) is 49.6 Å². The van der Waals surface area contributed by atoms with Gasteiger partial charge in [0.05, 0.1) is 33.6 Å². The van der Waals surface area contributed by atoms with Crippen LogP contribution < -0.4 is 20.7 Å². The Kier molecular flexibility index (Phi) is 12.0. The molecule has 16 heteroatoms. The molecular formula is C43H48FN9O4S2. The van der Waals surface area contributed by atoms with Crippen LogP contribution in [0.4, 0.5) is 21.8 Å². The van der Waals surface area contributed by atoms with Crippen LogP contribution in [0.25, 0.3) is 32.4 Å². The van der Waals surface area contributed by atoms with Crippen LogP contribution >= 0.6 is 11.3 Å². The molecule has 3 fully saturated rings. The van der Waals surface area contributed by atoms with Gasteiger partial charge in [0.1, 0.15) is 10.8 Å². The molecule has 3 aromatic heterocycles. The van der Waals surface area contributed by atoms with Crippen molar-refractivity contribution in [3.63, 3.8) is 0 Å². The number of benzene rings is 2. The Bertz CT molecular complexity index is 2410. The van der Waals surface area contributed by atoms with Crippen molar-refractivity contribution in [2.24, 2.45) is 5.92 Å². The second kappa shape index (κ2) is 17.5. The van der Waals surface area contributed by atoms with E-state index in [1.165, 1.54) is 23.0 Å². The number of amides is 2. The Morgan fingerprint density at radius 1 is 0.915 bits per heavy atom. The number of nitrogens with two attached hydrogens (primary N) is 1. The smallest absolute Gasteiger partial charge is 0.234 e. The number of nitrogens with zero attached hydrogens (tertiary/aromatic N) is 6. The van der Waals surface area contributed by atoms with E-state index in [4.69, 9.17) is 15.7 Å². The number of piperidine rings is 3. The molecule has 5 aromatic rings. The topological polar surface area (TPSA) is 176 Å². The van der Waals surface area contributed by atoms with Crippen molar-refractivity contribution < 1.29 is 22.4 Å². The lowest BCUT2D eigenvalue weighted by atomic mass is 9.88. The summed E-state index contributed by atoms with van der Waals surface area (Å²) in [5.74, 6) is 0.511. The molecule has 2 amide bonds. The molecule has 6 heterocycles. The first-order chi connectivity index (χ1) is 28.5. The van der Waals surface area contributed by atoms with E-state index in [-0.39, 0.29) is 40.7 Å². The largest absolute Gasteiger partial charge is 0.368 e. The molecule has 2 aromatic carbocycles. The summed E-state index contributed by atoms with van der Waals surface area (Å²) in [6.07, 6.45) is 9.00. The van der Waals surface area contributed by atoms with Crippen LogP contribution in [0.15, 0.2) is 73.1 Å². The van der Waals surface area contributed by atoms with E-state index < -0.39 is 15.8 Å². The van der Waals surface area contributed by atoms with E-state index >= 15 is 4.39 Å². The van der Waals surface area contributed by atoms with Gasteiger partial charge in [0.25, 0.3) is 0 Å². The van der Waals surface area contributed by atoms with Crippen LogP contribution in [0.5, 0.6) is 0 Å². The Labute approximate surface area is 347 Å². The second-order valence-corrected chi connectivity index (χ2v) is 18.5. The summed E-state index contributed by atoms with van der Waals surface area (Å²) < 4.78 is 43.5. The highest BCUT2D eigenvalue weighted by Gasteiger charge is 2.30. The lowest BCUT2D eigenvalue weighted by molar-refractivity contribution is -0.134. The lowest BCUT2D eigenvalue weighted by Crippen LogP contribution is -2.41. The van der Waals surface area contributed by atoms with E-state index in [9.17, 15) is 18.0 Å². The summed E-state index contributed by atoms with van der Waals surface area (Å²) in [5.41, 5.74) is 9.83. The average molecular weight is 838 g/mol. The molecule has 8 rings (SSSR count). The highest BCUT2D eigenvalue weighted by Crippen LogP contribution is 2.42. The predicted octanol–water partition coefficient (Wildman–Crippen LogP) is 6.82. The highest BCUT2D eigenvalue weighted by molar-refractivity contribution is 7.92. The maximum absolute atomic E-state index is 16.0. The molecule has 3 aliphatic rings. The van der Waals surface area contributed by atoms with Crippen molar-refractivity contribution in [3.8, 4) is 32.4 Å². The number of hydrogen-bond acceptors (Lipinski definition) is 12. The number of pyridine rings is 1. The number of sulfonamides is 1. The van der Waals surface area contributed by atoms with E-state index in [1.807, 2.05) is 12.1 Å². The molecule has 0 radical (unpaired) electrons. The number of thiazole rings is 1. The molecular weight excluding hydrogens is 790 g/mol. The van der Waals surface area contributed by atoms with Gasteiger partial charge in [0.15, 0.2) is 5.82 Å². The molecule has 0 unspecified atom stereocenters. The fraction of sp³-hybridized carbons (Fsp3) is 0.395. The SMILES string of the molecule is CCCS(=O)(=O)Nc1cccc(-c2nc(-c3ccc(C4CCN(CC5CCN(c6ccc([C@@H]7CCC(=O)NC7=O)cn6)CC5)CC4)cc3)sc2-c2ccnc(N)n2)c1F. The Balaban J connectivity index is 0.883. The summed E-state index contributed by atoms with van der Waals surface area (Å²) in [5, 5.41) is 3.11. The lowest BCUT2D eigenvalue weighted by Gasteiger charge is -2.38. The number of rotatable bonds is 12. The van der Waals surface area contributed by atoms with Crippen molar-refractivity contribution in [2.75, 3.05) is 53.8 Å². The number of carbonyl (C=O) groups is 2. The minimum atomic E-state index is -3.72. The van der Waals surface area contributed by atoms with Gasteiger partial charge in [-0.25, -0.2) is 32.7 Å². The monoisotopic (exact) mass is 837 g/mol. The Hall–Kier alpha value is -5.32. The third-order valence-electron chi connectivity index (χ3n) is 11.6. The minimum absolute atomic E-state index is 0.0796. The Morgan fingerprint density at radius 2 is 1.68 bits per heavy atom. The molecule has 59 heavy (non-hydrogen) atoms. The van der Waals surface area contributed by atoms with Gasteiger partial charge in [-0.15, -0.1) is 11.3 Å². The highest BCUT2D eigenvalue weighted by atomic mass is 32.2. The zero-order chi connectivity index (χ0) is 41.1. The fourth-order valence-electron chi connectivity index (χ4n) is 8.44. The molecule has 4 N–H and O–H groups in total. The zero-order valence-electron chi connectivity index (χ0n) is 32.9. The maximum Gasteiger partial charge on any atom is 0.234 e. The third-order valence-corrected chi connectivity index (χ3v) is 14.2. The molecule has 13 nitrogen and oxygen atoms in total. The van der Waals surface area contributed by atoms with E-state index in [0.29, 0.717) is 52.4 Å². The van der Waals surface area contributed by atoms with Crippen molar-refractivity contribution >= 4 is 50.6 Å². The molecule has 3 aliphatic heterocycles. The van der Waals surface area contributed by atoms with Crippen molar-refractivity contribution in [2.45, 2.75) is 63.7 Å². The van der Waals surface area contributed by atoms with E-state index in [1.54, 1.807) is 37.5 Å². The first kappa shape index (κ1) is 40.5. The number of hydrogen-bond donors (Lipinski definition) is 3. The number of halogens is 1. The zero-order valence-corrected chi connectivity index (χ0v) is 34.6. The number of aromatic nitrogens is 4. The van der Waals surface area contributed by atoms with Gasteiger partial charge in [-0.1, -0.05) is 43.3 Å². The predicted molar refractivity (Wildman–Crippen MR) is 229 cm³/mol. The number of anilines is 3. The maximum atomic E-state index is 16.0. The molecule has 3 saturated heterocycles. The number of nitrogens with one attached hydrogen (secondary N) is 2. The molecule has 0 spiro atoms. The standard InChI is InChI=1S/C43H48FN9O4S2/c1-2-24-59(56,57)51-34-5-3-4-33(38(34)44)39-40(35-14-19-46-43(45)48-35)58-42(50-39)30-8-6-28(7-9-30)29-17-20-52(21-18-29)26-27-15-22-53(23-16-27)36-12-10-31(25-47-36)32-11-13-37(54)49-41(32)55/h3-10,12,14,19,25,27,29,32,51H,2,11,13,15-18,20-24,26H2,1H3,(H2,45,46,48)(H,49,54,55)/t32-/m0/s1. The van der Waals surface area contributed by atoms with Crippen molar-refractivity contribution in [3.05, 3.63) is 90.0 Å². The van der Waals surface area contributed by atoms with Crippen LogP contribution in [0.2, 0.25) is 0 Å². The van der Waals surface area contributed by atoms with E-state index in [0.717, 1.165) is 75.4 Å². The first-order valence-electron chi connectivity index (χ1n) is 20.3. The summed E-state index contributed by atoms with van der Waals surface area (Å²) in [6, 6.07) is 18.8. The first-order valence-corrected chi connectivity index (χ1v) is 22.8. The van der Waals surface area contributed by atoms with Gasteiger partial charge in [-0.05, 0) is 98.8 Å². The second-order valence-electron chi connectivity index (χ2n) is 15.7. The Morgan fingerprint density at radius 3 is 2.37 bits per heavy atom. The van der Waals surface area contributed by atoms with E-state index in [2.05, 4.69) is 54.1 Å². The number of nitrogen functional groups attached to an aromatic ring is 1. The van der Waals surface area contributed by atoms with Crippen LogP contribution in [0.3, 0.4) is 0 Å². The molecule has 308 valence electrons. The van der Waals surface area contributed by atoms with Gasteiger partial charge in [0.2, 0.25) is 27.8 Å². The summed E-state index contributed by atoms with van der Waals surface area (Å²) in [4.78, 5) is 47.4. The number of likely N-dealkylation sites (tertiary alicyclic amines) is 1. The van der Waals surface area contributed by atoms with Gasteiger partial charge < -0.3 is 15.5 Å². The third kappa shape index (κ3) is 9.29. The van der Waals surface area contributed by atoms with Gasteiger partial charge >= 0.3 is 0 Å². The van der Waals surface area contributed by atoms with Crippen LogP contribution in [-0.4, -0.2) is 83.5 Å². The summed E-state index contributed by atoms with van der Waals surface area (Å²) in [6.45, 7) is 6.86. The minimum Gasteiger partial charge on any atom is -0.368 e. The average Bonchev–Trinajstić information content (AvgIpc) is 3.68. The van der Waals surface area contributed by atoms with Gasteiger partial charge in [-0.2, -0.15) is 0 Å². The van der Waals surface area contributed by atoms with Crippen LogP contribution in [-0.2, 0) is 19.6 Å². The van der Waals surface area contributed by atoms with Crippen molar-refractivity contribution in [1.29, 1.82) is 0 Å². The number of carbonyl (C=O) groups excluding carboxylic acids is 2. The van der Waals surface area contributed by atoms with Crippen molar-refractivity contribution in [1.82, 2.24) is 30.2 Å². The van der Waals surface area contributed by atoms with Crippen LogP contribution in [0, 0.1) is 11.7 Å². The summed E-state index contributed by atoms with van der Waals surface area (Å²) >= 11 is 1.37. The number of imide groups is 1. The quantitative estimate of drug-likeness (QED) is 0.113. The normalized spacial score (nSPS) is 18.5. The molecule has 0 aliphatic carbocycles.